The maximum absolute atomic E-state index is 9.89. The molecule has 1 aliphatic rings. The lowest BCUT2D eigenvalue weighted by atomic mass is 10.0. The van der Waals surface area contributed by atoms with E-state index in [2.05, 4.69) is 23.6 Å². The average molecular weight is 243 g/mol. The molecule has 0 aromatic heterocycles. The molecule has 102 valence electrons. The summed E-state index contributed by atoms with van der Waals surface area (Å²) >= 11 is 0. The first kappa shape index (κ1) is 14.9. The van der Waals surface area contributed by atoms with Crippen LogP contribution in [-0.4, -0.2) is 65.8 Å². The Balaban J connectivity index is 2.31. The number of aliphatic hydroxyl groups is 1. The summed E-state index contributed by atoms with van der Waals surface area (Å²) in [5.74, 6) is 0. The molecule has 1 aliphatic heterocycles. The Kier molecular flexibility index (Phi) is 5.86. The van der Waals surface area contributed by atoms with E-state index in [0.29, 0.717) is 12.6 Å². The molecule has 0 aliphatic carbocycles. The van der Waals surface area contributed by atoms with Gasteiger partial charge < -0.3 is 15.7 Å². The van der Waals surface area contributed by atoms with Gasteiger partial charge in [0.05, 0.1) is 5.60 Å². The van der Waals surface area contributed by atoms with Crippen LogP contribution in [0.5, 0.6) is 0 Å². The second kappa shape index (κ2) is 6.69. The average Bonchev–Trinajstić information content (AvgIpc) is 2.77. The Morgan fingerprint density at radius 1 is 1.41 bits per heavy atom. The molecule has 2 atom stereocenters. The van der Waals surface area contributed by atoms with Gasteiger partial charge in [-0.2, -0.15) is 0 Å². The van der Waals surface area contributed by atoms with Gasteiger partial charge in [-0.1, -0.05) is 13.8 Å². The topological polar surface area (TPSA) is 52.7 Å². The molecule has 0 saturated carbocycles. The van der Waals surface area contributed by atoms with Crippen LogP contribution in [0.3, 0.4) is 0 Å². The van der Waals surface area contributed by atoms with E-state index in [4.69, 9.17) is 5.73 Å². The van der Waals surface area contributed by atoms with Crippen LogP contribution >= 0.6 is 0 Å². The zero-order chi connectivity index (χ0) is 12.9. The first-order chi connectivity index (χ1) is 8.02. The van der Waals surface area contributed by atoms with Crippen LogP contribution in [0.4, 0.5) is 0 Å². The van der Waals surface area contributed by atoms with Gasteiger partial charge in [0.1, 0.15) is 0 Å². The highest BCUT2D eigenvalue weighted by Crippen LogP contribution is 2.17. The summed E-state index contributed by atoms with van der Waals surface area (Å²) in [5.41, 5.74) is 4.83. The van der Waals surface area contributed by atoms with Gasteiger partial charge in [-0.25, -0.2) is 0 Å². The summed E-state index contributed by atoms with van der Waals surface area (Å²) in [7, 11) is 0. The highest BCUT2D eigenvalue weighted by molar-refractivity contribution is 4.84. The number of nitrogens with zero attached hydrogens (tertiary/aromatic N) is 2. The molecule has 0 amide bonds. The fourth-order valence-corrected chi connectivity index (χ4v) is 2.55. The van der Waals surface area contributed by atoms with Gasteiger partial charge in [-0.15, -0.1) is 0 Å². The monoisotopic (exact) mass is 243 g/mol. The zero-order valence-electron chi connectivity index (χ0n) is 11.7. The molecule has 4 heteroatoms. The van der Waals surface area contributed by atoms with Crippen molar-refractivity contribution in [2.24, 2.45) is 5.73 Å². The summed E-state index contributed by atoms with van der Waals surface area (Å²) < 4.78 is 0. The molecule has 1 fully saturated rings. The van der Waals surface area contributed by atoms with Gasteiger partial charge in [0, 0.05) is 25.7 Å². The van der Waals surface area contributed by atoms with Crippen molar-refractivity contribution in [1.82, 2.24) is 9.80 Å². The maximum atomic E-state index is 9.89. The van der Waals surface area contributed by atoms with E-state index in [0.717, 1.165) is 39.1 Å². The highest BCUT2D eigenvalue weighted by Gasteiger charge is 2.27. The van der Waals surface area contributed by atoms with Crippen LogP contribution in [0.15, 0.2) is 0 Å². The Morgan fingerprint density at radius 3 is 2.59 bits per heavy atom. The minimum absolute atomic E-state index is 0.348. The van der Waals surface area contributed by atoms with Crippen LogP contribution in [0.25, 0.3) is 0 Å². The Hall–Kier alpha value is -0.160. The van der Waals surface area contributed by atoms with E-state index in [9.17, 15) is 5.11 Å². The molecular formula is C13H29N3O. The Morgan fingerprint density at radius 2 is 2.06 bits per heavy atom. The smallest absolute Gasteiger partial charge is 0.0753 e. The number of hydrogen-bond donors (Lipinski definition) is 2. The van der Waals surface area contributed by atoms with Gasteiger partial charge >= 0.3 is 0 Å². The molecule has 1 heterocycles. The van der Waals surface area contributed by atoms with E-state index in [-0.39, 0.29) is 0 Å². The fourth-order valence-electron chi connectivity index (χ4n) is 2.55. The third-order valence-electron chi connectivity index (χ3n) is 3.98. The Labute approximate surface area is 106 Å². The lowest BCUT2D eigenvalue weighted by Gasteiger charge is -2.27. The van der Waals surface area contributed by atoms with E-state index in [1.807, 2.05) is 6.92 Å². The third-order valence-corrected chi connectivity index (χ3v) is 3.98. The van der Waals surface area contributed by atoms with Gasteiger partial charge in [-0.3, -0.25) is 4.90 Å². The SMILES string of the molecule is CCN(CC)C1CCN(CCC(C)(O)CN)C1. The molecule has 0 aromatic rings. The summed E-state index contributed by atoms with van der Waals surface area (Å²) in [6.07, 6.45) is 2.03. The summed E-state index contributed by atoms with van der Waals surface area (Å²) in [4.78, 5) is 4.98. The first-order valence-corrected chi connectivity index (χ1v) is 6.91. The molecular weight excluding hydrogens is 214 g/mol. The van der Waals surface area contributed by atoms with Crippen molar-refractivity contribution in [3.63, 3.8) is 0 Å². The molecule has 0 aromatic carbocycles. The van der Waals surface area contributed by atoms with Gasteiger partial charge in [-0.05, 0) is 39.4 Å². The standard InChI is InChI=1S/C13H29N3O/c1-4-16(5-2)12-6-8-15(10-12)9-7-13(3,17)11-14/h12,17H,4-11,14H2,1-3H3. The summed E-state index contributed by atoms with van der Waals surface area (Å²) in [5, 5.41) is 9.89. The van der Waals surface area contributed by atoms with Crippen molar-refractivity contribution in [2.45, 2.75) is 45.3 Å². The van der Waals surface area contributed by atoms with E-state index in [1.54, 1.807) is 0 Å². The lowest BCUT2D eigenvalue weighted by molar-refractivity contribution is 0.0494. The lowest BCUT2D eigenvalue weighted by Crippen LogP contribution is -2.40. The largest absolute Gasteiger partial charge is 0.389 e. The van der Waals surface area contributed by atoms with Gasteiger partial charge in [0.25, 0.3) is 0 Å². The molecule has 2 unspecified atom stereocenters. The minimum Gasteiger partial charge on any atom is -0.389 e. The van der Waals surface area contributed by atoms with Gasteiger partial charge in [0.2, 0.25) is 0 Å². The molecule has 4 nitrogen and oxygen atoms in total. The van der Waals surface area contributed by atoms with Crippen LogP contribution in [0, 0.1) is 0 Å². The predicted octanol–water partition coefficient (Wildman–Crippen LogP) is 0.502. The van der Waals surface area contributed by atoms with Crippen molar-refractivity contribution >= 4 is 0 Å². The van der Waals surface area contributed by atoms with Crippen molar-refractivity contribution < 1.29 is 5.11 Å². The quantitative estimate of drug-likeness (QED) is 0.684. The highest BCUT2D eigenvalue weighted by atomic mass is 16.3. The summed E-state index contributed by atoms with van der Waals surface area (Å²) in [6, 6.07) is 0.702. The number of rotatable bonds is 7. The molecule has 17 heavy (non-hydrogen) atoms. The van der Waals surface area contributed by atoms with E-state index in [1.165, 1.54) is 6.42 Å². The fraction of sp³-hybridized carbons (Fsp3) is 1.00. The maximum Gasteiger partial charge on any atom is 0.0753 e. The molecule has 0 bridgehead atoms. The normalized spacial score (nSPS) is 25.4. The summed E-state index contributed by atoms with van der Waals surface area (Å²) in [6.45, 7) is 12.2. The number of likely N-dealkylation sites (N-methyl/N-ethyl adjacent to an activating group) is 1. The molecule has 1 saturated heterocycles. The molecule has 0 radical (unpaired) electrons. The minimum atomic E-state index is -0.701. The van der Waals surface area contributed by atoms with Crippen LogP contribution < -0.4 is 5.73 Å². The van der Waals surface area contributed by atoms with Crippen LogP contribution in [0.1, 0.15) is 33.6 Å². The first-order valence-electron chi connectivity index (χ1n) is 6.91. The molecule has 3 N–H and O–H groups in total. The third kappa shape index (κ3) is 4.54. The Bertz CT molecular complexity index is 217. The number of likely N-dealkylation sites (tertiary alicyclic amines) is 1. The van der Waals surface area contributed by atoms with Crippen molar-refractivity contribution in [3.05, 3.63) is 0 Å². The second-order valence-corrected chi connectivity index (χ2v) is 5.42. The molecule has 0 spiro atoms. The molecule has 1 rings (SSSR count). The van der Waals surface area contributed by atoms with E-state index >= 15 is 0 Å². The van der Waals surface area contributed by atoms with Crippen molar-refractivity contribution in [3.8, 4) is 0 Å². The number of hydrogen-bond acceptors (Lipinski definition) is 4. The van der Waals surface area contributed by atoms with Gasteiger partial charge in [0.15, 0.2) is 0 Å². The zero-order valence-corrected chi connectivity index (χ0v) is 11.7. The second-order valence-electron chi connectivity index (χ2n) is 5.42. The van der Waals surface area contributed by atoms with Crippen LogP contribution in [-0.2, 0) is 0 Å². The number of nitrogens with two attached hydrogens (primary N) is 1. The van der Waals surface area contributed by atoms with E-state index < -0.39 is 5.60 Å². The van der Waals surface area contributed by atoms with Crippen molar-refractivity contribution in [1.29, 1.82) is 0 Å². The predicted molar refractivity (Wildman–Crippen MR) is 72.1 cm³/mol. The van der Waals surface area contributed by atoms with Crippen LogP contribution in [0.2, 0.25) is 0 Å². The van der Waals surface area contributed by atoms with Crippen molar-refractivity contribution in [2.75, 3.05) is 39.3 Å².